The highest BCUT2D eigenvalue weighted by molar-refractivity contribution is 5.83. The highest BCUT2D eigenvalue weighted by Gasteiger charge is 2.66. The van der Waals surface area contributed by atoms with Gasteiger partial charge >= 0.3 is 17.9 Å². The first-order valence-corrected chi connectivity index (χ1v) is 10.2. The number of hydrogen-bond acceptors (Lipinski definition) is 9. The number of carboxylic acid groups (broad SMARTS) is 1. The fourth-order valence-corrected chi connectivity index (χ4v) is 3.86. The molecule has 31 heavy (non-hydrogen) atoms. The number of carbonyl (C=O) groups is 3. The van der Waals surface area contributed by atoms with Gasteiger partial charge in [-0.1, -0.05) is 28.2 Å². The van der Waals surface area contributed by atoms with Crippen LogP contribution in [0.4, 0.5) is 0 Å². The SMILES string of the molecule is C.CCN(CC)CC.COCCOC(=O)C1C2O[C@@H](C1C(=O)O)[C@@H](OC)C2OC(C)=O. The lowest BCUT2D eigenvalue weighted by atomic mass is 9.76. The number of hydrogen-bond donors (Lipinski definition) is 1. The molecule has 2 aliphatic heterocycles. The van der Waals surface area contributed by atoms with Crippen LogP contribution in [0, 0.1) is 11.8 Å². The average molecular weight is 450 g/mol. The molecule has 2 heterocycles. The zero-order valence-corrected chi connectivity index (χ0v) is 18.7. The van der Waals surface area contributed by atoms with E-state index in [0.717, 1.165) is 0 Å². The second-order valence-electron chi connectivity index (χ2n) is 7.01. The van der Waals surface area contributed by atoms with Gasteiger partial charge in [-0.3, -0.25) is 14.4 Å². The standard InChI is InChI=1S/C14H20O9.C6H15N.CH4/c1-6(15)22-12-10-8(14(18)21-5-4-19-2)7(13(16)17)9(23-10)11(12)20-3;1-4-7(5-2)6-3;/h7-12H,4-5H2,1-3H3,(H,16,17);4-6H2,1-3H3;1H4/t7?,8?,9-,10?,11+,12?;;/m0../s1. The first kappa shape index (κ1) is 29.2. The van der Waals surface area contributed by atoms with E-state index in [0.29, 0.717) is 0 Å². The van der Waals surface area contributed by atoms with E-state index in [4.69, 9.17) is 23.7 Å². The molecule has 0 aromatic heterocycles. The first-order valence-electron chi connectivity index (χ1n) is 10.2. The number of methoxy groups -OCH3 is 2. The van der Waals surface area contributed by atoms with Gasteiger partial charge in [-0.15, -0.1) is 0 Å². The number of aliphatic carboxylic acids is 1. The predicted octanol–water partition coefficient (Wildman–Crippen LogP) is 1.20. The van der Waals surface area contributed by atoms with Crippen molar-refractivity contribution in [2.24, 2.45) is 11.8 Å². The Morgan fingerprint density at radius 2 is 1.48 bits per heavy atom. The van der Waals surface area contributed by atoms with Gasteiger partial charge in [0.15, 0.2) is 6.10 Å². The molecule has 2 saturated heterocycles. The van der Waals surface area contributed by atoms with E-state index in [1.54, 1.807) is 0 Å². The Bertz CT molecular complexity index is 560. The summed E-state index contributed by atoms with van der Waals surface area (Å²) >= 11 is 0. The van der Waals surface area contributed by atoms with Crippen LogP contribution in [0.1, 0.15) is 35.1 Å². The van der Waals surface area contributed by atoms with Crippen LogP contribution in [0.25, 0.3) is 0 Å². The molecule has 6 atom stereocenters. The third-order valence-corrected chi connectivity index (χ3v) is 5.39. The van der Waals surface area contributed by atoms with Crippen LogP contribution < -0.4 is 0 Å². The number of nitrogens with zero attached hydrogens (tertiary/aromatic N) is 1. The molecule has 0 spiro atoms. The Hall–Kier alpha value is -1.75. The molecule has 0 radical (unpaired) electrons. The minimum Gasteiger partial charge on any atom is -0.481 e. The third kappa shape index (κ3) is 7.41. The van der Waals surface area contributed by atoms with Crippen molar-refractivity contribution in [2.75, 3.05) is 47.1 Å². The largest absolute Gasteiger partial charge is 0.481 e. The van der Waals surface area contributed by atoms with Crippen molar-refractivity contribution in [1.29, 1.82) is 0 Å². The summed E-state index contributed by atoms with van der Waals surface area (Å²) in [6, 6.07) is 0. The lowest BCUT2D eigenvalue weighted by Gasteiger charge is -2.33. The van der Waals surface area contributed by atoms with Crippen molar-refractivity contribution in [2.45, 2.75) is 59.5 Å². The Balaban J connectivity index is 0.000000975. The van der Waals surface area contributed by atoms with Gasteiger partial charge in [0, 0.05) is 21.1 Å². The lowest BCUT2D eigenvalue weighted by molar-refractivity contribution is -0.171. The number of rotatable bonds is 10. The molecular weight excluding hydrogens is 410 g/mol. The Labute approximate surface area is 185 Å². The monoisotopic (exact) mass is 449 g/mol. The fourth-order valence-electron chi connectivity index (χ4n) is 3.86. The van der Waals surface area contributed by atoms with Gasteiger partial charge in [-0.05, 0) is 19.6 Å². The maximum absolute atomic E-state index is 12.2. The van der Waals surface area contributed by atoms with Gasteiger partial charge in [-0.25, -0.2) is 0 Å². The molecule has 1 N–H and O–H groups in total. The van der Waals surface area contributed by atoms with Crippen LogP contribution in [0.5, 0.6) is 0 Å². The minimum absolute atomic E-state index is 0. The molecule has 4 unspecified atom stereocenters. The summed E-state index contributed by atoms with van der Waals surface area (Å²) in [5, 5.41) is 9.43. The van der Waals surface area contributed by atoms with E-state index >= 15 is 0 Å². The van der Waals surface area contributed by atoms with Gasteiger partial charge in [0.25, 0.3) is 0 Å². The van der Waals surface area contributed by atoms with Gasteiger partial charge in [0.05, 0.1) is 6.61 Å². The van der Waals surface area contributed by atoms with Gasteiger partial charge < -0.3 is 33.7 Å². The Kier molecular flexibility index (Phi) is 13.5. The lowest BCUT2D eigenvalue weighted by Crippen LogP contribution is -2.54. The molecule has 0 aromatic rings. The Morgan fingerprint density at radius 1 is 0.935 bits per heavy atom. The molecule has 182 valence electrons. The van der Waals surface area contributed by atoms with Crippen LogP contribution in [-0.4, -0.2) is 99.4 Å². The van der Waals surface area contributed by atoms with Crippen molar-refractivity contribution in [3.8, 4) is 0 Å². The molecule has 2 aliphatic rings. The van der Waals surface area contributed by atoms with Crippen molar-refractivity contribution in [3.05, 3.63) is 0 Å². The highest BCUT2D eigenvalue weighted by Crippen LogP contribution is 2.46. The van der Waals surface area contributed by atoms with Crippen LogP contribution in [0.15, 0.2) is 0 Å². The van der Waals surface area contributed by atoms with E-state index in [-0.39, 0.29) is 20.6 Å². The smallest absolute Gasteiger partial charge is 0.312 e. The quantitative estimate of drug-likeness (QED) is 0.385. The van der Waals surface area contributed by atoms with Gasteiger partial charge in [-0.2, -0.15) is 0 Å². The van der Waals surface area contributed by atoms with E-state index in [2.05, 4.69) is 25.7 Å². The van der Waals surface area contributed by atoms with Gasteiger partial charge in [0.2, 0.25) is 0 Å². The van der Waals surface area contributed by atoms with E-state index in [1.807, 2.05) is 0 Å². The predicted molar refractivity (Wildman–Crippen MR) is 113 cm³/mol. The van der Waals surface area contributed by atoms with Crippen LogP contribution >= 0.6 is 0 Å². The zero-order valence-electron chi connectivity index (χ0n) is 18.7. The summed E-state index contributed by atoms with van der Waals surface area (Å²) < 4.78 is 25.8. The van der Waals surface area contributed by atoms with Crippen molar-refractivity contribution in [3.63, 3.8) is 0 Å². The number of ether oxygens (including phenoxy) is 5. The molecular formula is C21H39NO9. The summed E-state index contributed by atoms with van der Waals surface area (Å²) in [5.74, 6) is -4.65. The topological polar surface area (TPSA) is 121 Å². The second-order valence-corrected chi connectivity index (χ2v) is 7.01. The van der Waals surface area contributed by atoms with Crippen molar-refractivity contribution in [1.82, 2.24) is 4.90 Å². The fraction of sp³-hybridized carbons (Fsp3) is 0.857. The van der Waals surface area contributed by atoms with Crippen LogP contribution in [0.2, 0.25) is 0 Å². The van der Waals surface area contributed by atoms with E-state index in [9.17, 15) is 19.5 Å². The second kappa shape index (κ2) is 14.3. The maximum Gasteiger partial charge on any atom is 0.312 e. The normalized spacial score (nSPS) is 28.4. The summed E-state index contributed by atoms with van der Waals surface area (Å²) in [5.41, 5.74) is 0. The zero-order chi connectivity index (χ0) is 22.8. The number of fused-ring (bicyclic) bond motifs is 2. The van der Waals surface area contributed by atoms with E-state index < -0.39 is 54.2 Å². The summed E-state index contributed by atoms with van der Waals surface area (Å²) in [6.45, 7) is 11.5. The van der Waals surface area contributed by atoms with Crippen molar-refractivity contribution >= 4 is 17.9 Å². The first-order chi connectivity index (χ1) is 14.3. The molecule has 0 saturated carbocycles. The Morgan fingerprint density at radius 3 is 1.87 bits per heavy atom. The molecule has 2 bridgehead atoms. The average Bonchev–Trinajstić information content (AvgIpc) is 3.25. The molecule has 0 amide bonds. The molecule has 10 nitrogen and oxygen atoms in total. The molecule has 0 aromatic carbocycles. The number of carbonyl (C=O) groups excluding carboxylic acids is 2. The van der Waals surface area contributed by atoms with Crippen LogP contribution in [-0.2, 0) is 38.1 Å². The highest BCUT2D eigenvalue weighted by atomic mass is 16.6. The molecule has 2 fully saturated rings. The molecule has 10 heteroatoms. The minimum atomic E-state index is -1.19. The summed E-state index contributed by atoms with van der Waals surface area (Å²) in [4.78, 5) is 37.4. The summed E-state index contributed by atoms with van der Waals surface area (Å²) in [6.07, 6.45) is -3.39. The van der Waals surface area contributed by atoms with Crippen molar-refractivity contribution < 1.29 is 43.2 Å². The summed E-state index contributed by atoms with van der Waals surface area (Å²) in [7, 11) is 2.82. The number of esters is 2. The number of carboxylic acids is 1. The molecule has 2 rings (SSSR count). The maximum atomic E-state index is 12.2. The molecule has 0 aliphatic carbocycles. The van der Waals surface area contributed by atoms with Crippen LogP contribution in [0.3, 0.4) is 0 Å². The van der Waals surface area contributed by atoms with Gasteiger partial charge in [0.1, 0.15) is 36.8 Å². The third-order valence-electron chi connectivity index (χ3n) is 5.39. The van der Waals surface area contributed by atoms with E-state index in [1.165, 1.54) is 40.8 Å².